The van der Waals surface area contributed by atoms with Crippen LogP contribution in [0.4, 0.5) is 0 Å². The van der Waals surface area contributed by atoms with Crippen molar-refractivity contribution in [3.8, 4) is 45.9 Å². The van der Waals surface area contributed by atoms with Gasteiger partial charge in [-0.1, -0.05) is 86.6 Å². The lowest BCUT2D eigenvalue weighted by atomic mass is 9.54. The molecule has 2 heterocycles. The van der Waals surface area contributed by atoms with Crippen LogP contribution in [0, 0.1) is 29.1 Å². The second kappa shape index (κ2) is 12.1. The van der Waals surface area contributed by atoms with Crippen molar-refractivity contribution in [1.82, 2.24) is 19.5 Å². The van der Waals surface area contributed by atoms with Crippen molar-refractivity contribution in [3.63, 3.8) is 0 Å². The Labute approximate surface area is 293 Å². The summed E-state index contributed by atoms with van der Waals surface area (Å²) < 4.78 is 2.26. The van der Waals surface area contributed by atoms with Crippen molar-refractivity contribution in [2.75, 3.05) is 0 Å². The van der Waals surface area contributed by atoms with Gasteiger partial charge < -0.3 is 4.57 Å². The lowest BCUT2D eigenvalue weighted by molar-refractivity contribution is 0.0780. The lowest BCUT2D eigenvalue weighted by Gasteiger charge is -2.50. The first-order chi connectivity index (χ1) is 24.5. The number of rotatable bonds is 5. The smallest absolute Gasteiger partial charge is 0.164 e. The molecule has 9 rings (SSSR count). The number of para-hydroxylation sites is 1. The topological polar surface area (TPSA) is 67.4 Å². The highest BCUT2D eigenvalue weighted by atomic mass is 15.0. The molecule has 7 aromatic rings. The van der Waals surface area contributed by atoms with Gasteiger partial charge in [0, 0.05) is 33.2 Å². The number of hydrogen-bond acceptors (Lipinski definition) is 4. The van der Waals surface area contributed by atoms with Gasteiger partial charge in [-0.25, -0.2) is 15.0 Å². The second-order valence-electron chi connectivity index (χ2n) is 14.9. The van der Waals surface area contributed by atoms with Crippen LogP contribution in [0.5, 0.6) is 0 Å². The normalized spacial score (nSPS) is 21.7. The van der Waals surface area contributed by atoms with Crippen LogP contribution in [-0.4, -0.2) is 19.5 Å². The summed E-state index contributed by atoms with van der Waals surface area (Å²) in [6, 6.07) is 44.4. The summed E-state index contributed by atoms with van der Waals surface area (Å²) >= 11 is 0. The molecule has 0 spiro atoms. The summed E-state index contributed by atoms with van der Waals surface area (Å²) in [7, 11) is 0. The van der Waals surface area contributed by atoms with Gasteiger partial charge in [0.05, 0.1) is 22.7 Å². The largest absolute Gasteiger partial charge is 0.309 e. The van der Waals surface area contributed by atoms with Crippen molar-refractivity contribution in [1.29, 1.82) is 5.26 Å². The molecule has 2 fully saturated rings. The maximum absolute atomic E-state index is 9.56. The Balaban J connectivity index is 1.11. The highest BCUT2D eigenvalue weighted by molar-refractivity contribution is 6.09. The molecule has 5 nitrogen and oxygen atoms in total. The fraction of sp³-hybridized carbons (Fsp3) is 0.244. The van der Waals surface area contributed by atoms with Crippen LogP contribution in [0.1, 0.15) is 57.1 Å². The minimum Gasteiger partial charge on any atom is -0.309 e. The molecule has 50 heavy (non-hydrogen) atoms. The average molecular weight is 650 g/mol. The van der Waals surface area contributed by atoms with Gasteiger partial charge in [0.1, 0.15) is 0 Å². The Bertz CT molecular complexity index is 2380. The standard InChI is InChI=1S/C45H39N5/c1-29-22-32-23-30(2)26-45(25-29,27-32)36-17-13-34(14-18-36)43-47-42(33-8-4-3-5-9-33)48-44(49-43)35-15-19-37(20-16-35)50-40-11-7-6-10-38(40)39-24-31(28-46)12-21-41(39)50/h3-21,24,29-30,32H,22-23,25-27H2,1-2H3/t29-,30+,32-,45?. The van der Waals surface area contributed by atoms with Gasteiger partial charge in [-0.05, 0) is 109 Å². The molecule has 244 valence electrons. The molecule has 0 N–H and O–H groups in total. The van der Waals surface area contributed by atoms with Gasteiger partial charge in [-0.3, -0.25) is 0 Å². The van der Waals surface area contributed by atoms with Crippen LogP contribution in [0.25, 0.3) is 61.7 Å². The molecule has 0 aliphatic heterocycles. The van der Waals surface area contributed by atoms with Crippen LogP contribution >= 0.6 is 0 Å². The van der Waals surface area contributed by atoms with Crippen molar-refractivity contribution in [2.24, 2.45) is 17.8 Å². The number of nitrogens with zero attached hydrogens (tertiary/aromatic N) is 5. The van der Waals surface area contributed by atoms with Gasteiger partial charge in [-0.2, -0.15) is 5.26 Å². The molecule has 0 radical (unpaired) electrons. The van der Waals surface area contributed by atoms with E-state index in [1.165, 1.54) is 37.7 Å². The fourth-order valence-corrected chi connectivity index (χ4v) is 9.46. The number of aromatic nitrogens is 4. The van der Waals surface area contributed by atoms with E-state index in [0.29, 0.717) is 23.0 Å². The second-order valence-corrected chi connectivity index (χ2v) is 14.9. The molecule has 2 aliphatic rings. The third-order valence-corrected chi connectivity index (χ3v) is 11.2. The zero-order valence-corrected chi connectivity index (χ0v) is 28.6. The molecule has 0 amide bonds. The number of hydrogen-bond donors (Lipinski definition) is 0. The van der Waals surface area contributed by atoms with Crippen LogP contribution in [-0.2, 0) is 5.41 Å². The van der Waals surface area contributed by atoms with E-state index in [0.717, 1.165) is 61.9 Å². The van der Waals surface area contributed by atoms with Crippen LogP contribution in [0.3, 0.4) is 0 Å². The number of fused-ring (bicyclic) bond motifs is 5. The molecular weight excluding hydrogens is 611 g/mol. The van der Waals surface area contributed by atoms with E-state index in [2.05, 4.69) is 103 Å². The third-order valence-electron chi connectivity index (χ3n) is 11.2. The van der Waals surface area contributed by atoms with E-state index in [-0.39, 0.29) is 5.41 Å². The molecule has 0 saturated heterocycles. The minimum absolute atomic E-state index is 0.286. The highest BCUT2D eigenvalue weighted by Crippen LogP contribution is 2.54. The summed E-state index contributed by atoms with van der Waals surface area (Å²) in [6.45, 7) is 4.90. The van der Waals surface area contributed by atoms with E-state index in [9.17, 15) is 5.26 Å². The summed E-state index contributed by atoms with van der Waals surface area (Å²) in [5.41, 5.74) is 8.52. The molecule has 5 aromatic carbocycles. The molecule has 1 unspecified atom stereocenters. The SMILES string of the molecule is C[C@@H]1C[C@@H]2C[C@H](C)CC(c3ccc(-c4nc(-c5ccccc5)nc(-c5ccc(-n6c7ccccc7c7cc(C#N)ccc76)cc5)n4)cc3)(C1)C2. The summed E-state index contributed by atoms with van der Waals surface area (Å²) in [6.07, 6.45) is 6.64. The monoisotopic (exact) mass is 649 g/mol. The van der Waals surface area contributed by atoms with Crippen LogP contribution < -0.4 is 0 Å². The first-order valence-electron chi connectivity index (χ1n) is 17.9. The summed E-state index contributed by atoms with van der Waals surface area (Å²) in [5.74, 6) is 4.40. The zero-order valence-electron chi connectivity index (χ0n) is 28.6. The predicted molar refractivity (Wildman–Crippen MR) is 202 cm³/mol. The molecule has 4 atom stereocenters. The van der Waals surface area contributed by atoms with Crippen LogP contribution in [0.2, 0.25) is 0 Å². The fourth-order valence-electron chi connectivity index (χ4n) is 9.46. The Morgan fingerprint density at radius 3 is 1.80 bits per heavy atom. The van der Waals surface area contributed by atoms with Gasteiger partial charge >= 0.3 is 0 Å². The third kappa shape index (κ3) is 5.27. The molecule has 2 aromatic heterocycles. The lowest BCUT2D eigenvalue weighted by Crippen LogP contribution is -2.42. The minimum atomic E-state index is 0.286. The van der Waals surface area contributed by atoms with E-state index in [4.69, 9.17) is 15.0 Å². The van der Waals surface area contributed by atoms with Gasteiger partial charge in [-0.15, -0.1) is 0 Å². The molecule has 2 saturated carbocycles. The molecule has 2 bridgehead atoms. The van der Waals surface area contributed by atoms with Crippen molar-refractivity contribution in [2.45, 2.75) is 51.4 Å². The Kier molecular flexibility index (Phi) is 7.35. The van der Waals surface area contributed by atoms with E-state index < -0.39 is 0 Å². The zero-order chi connectivity index (χ0) is 33.8. The molecular formula is C45H39N5. The first-order valence-corrected chi connectivity index (χ1v) is 17.9. The molecule has 2 aliphatic carbocycles. The van der Waals surface area contributed by atoms with E-state index in [1.807, 2.05) is 42.5 Å². The van der Waals surface area contributed by atoms with Crippen molar-refractivity contribution >= 4 is 21.8 Å². The quantitative estimate of drug-likeness (QED) is 0.186. The van der Waals surface area contributed by atoms with Crippen molar-refractivity contribution in [3.05, 3.63) is 132 Å². The Morgan fingerprint density at radius 2 is 1.16 bits per heavy atom. The summed E-state index contributed by atoms with van der Waals surface area (Å²) in [4.78, 5) is 15.1. The van der Waals surface area contributed by atoms with Gasteiger partial charge in [0.25, 0.3) is 0 Å². The average Bonchev–Trinajstić information content (AvgIpc) is 3.48. The van der Waals surface area contributed by atoms with E-state index >= 15 is 0 Å². The maximum atomic E-state index is 9.56. The Hall–Kier alpha value is -5.60. The van der Waals surface area contributed by atoms with E-state index in [1.54, 1.807) is 0 Å². The maximum Gasteiger partial charge on any atom is 0.164 e. The number of nitriles is 1. The Morgan fingerprint density at radius 1 is 0.600 bits per heavy atom. The first kappa shape index (κ1) is 30.5. The van der Waals surface area contributed by atoms with Gasteiger partial charge in [0.2, 0.25) is 0 Å². The summed E-state index contributed by atoms with van der Waals surface area (Å²) in [5, 5.41) is 11.8. The van der Waals surface area contributed by atoms with Crippen LogP contribution in [0.15, 0.2) is 121 Å². The van der Waals surface area contributed by atoms with Gasteiger partial charge in [0.15, 0.2) is 17.5 Å². The number of benzene rings is 5. The highest BCUT2D eigenvalue weighted by Gasteiger charge is 2.45. The predicted octanol–water partition coefficient (Wildman–Crippen LogP) is 10.9. The van der Waals surface area contributed by atoms with Crippen molar-refractivity contribution < 1.29 is 0 Å². The molecule has 5 heteroatoms.